The van der Waals surface area contributed by atoms with Gasteiger partial charge in [-0.15, -0.1) is 0 Å². The second-order valence-electron chi connectivity index (χ2n) is 6.15. The molecular weight excluding hydrogens is 324 g/mol. The maximum absolute atomic E-state index is 12.8. The first kappa shape index (κ1) is 17.5. The summed E-state index contributed by atoms with van der Waals surface area (Å²) >= 11 is 0. The van der Waals surface area contributed by atoms with E-state index in [0.29, 0.717) is 12.1 Å². The average Bonchev–Trinajstić information content (AvgIpc) is 2.67. The van der Waals surface area contributed by atoms with Crippen molar-refractivity contribution >= 4 is 23.0 Å². The van der Waals surface area contributed by atoms with Crippen LogP contribution in [-0.2, 0) is 6.54 Å². The fraction of sp³-hybridized carbons (Fsp3) is 0.143. The summed E-state index contributed by atoms with van der Waals surface area (Å²) in [5.74, 6) is -0.140. The smallest absolute Gasteiger partial charge is 0.257 e. The number of amides is 1. The van der Waals surface area contributed by atoms with Crippen molar-refractivity contribution in [2.24, 2.45) is 0 Å². The third-order valence-corrected chi connectivity index (χ3v) is 4.02. The van der Waals surface area contributed by atoms with Crippen LogP contribution in [0, 0.1) is 0 Å². The van der Waals surface area contributed by atoms with E-state index in [-0.39, 0.29) is 5.91 Å². The molecule has 0 saturated carbocycles. The summed E-state index contributed by atoms with van der Waals surface area (Å²) in [5, 5.41) is 6.31. The highest BCUT2D eigenvalue weighted by molar-refractivity contribution is 6.08. The molecule has 0 bridgehead atoms. The number of rotatable bonds is 6. The van der Waals surface area contributed by atoms with Gasteiger partial charge in [0.05, 0.1) is 5.56 Å². The summed E-state index contributed by atoms with van der Waals surface area (Å²) in [7, 11) is 3.94. The number of hydrogen-bond acceptors (Lipinski definition) is 4. The first-order valence-electron chi connectivity index (χ1n) is 8.44. The molecule has 3 rings (SSSR count). The van der Waals surface area contributed by atoms with Gasteiger partial charge in [0, 0.05) is 50.1 Å². The Morgan fingerprint density at radius 1 is 1.00 bits per heavy atom. The predicted octanol–water partition coefficient (Wildman–Crippen LogP) is 4.01. The molecule has 5 heteroatoms. The normalized spacial score (nSPS) is 10.2. The quantitative estimate of drug-likeness (QED) is 0.708. The lowest BCUT2D eigenvalue weighted by molar-refractivity contribution is 0.102. The molecule has 132 valence electrons. The summed E-state index contributed by atoms with van der Waals surface area (Å²) < 4.78 is 0. The zero-order valence-electron chi connectivity index (χ0n) is 14.9. The van der Waals surface area contributed by atoms with Gasteiger partial charge in [-0.1, -0.05) is 18.2 Å². The molecular formula is C21H22N4O. The van der Waals surface area contributed by atoms with Gasteiger partial charge in [0.1, 0.15) is 0 Å². The van der Waals surface area contributed by atoms with E-state index >= 15 is 0 Å². The van der Waals surface area contributed by atoms with Gasteiger partial charge in [0.25, 0.3) is 5.91 Å². The minimum atomic E-state index is -0.140. The third-order valence-electron chi connectivity index (χ3n) is 4.02. The molecule has 26 heavy (non-hydrogen) atoms. The molecule has 0 aliphatic carbocycles. The van der Waals surface area contributed by atoms with E-state index in [1.165, 1.54) is 0 Å². The number of nitrogens with zero attached hydrogens (tertiary/aromatic N) is 2. The van der Waals surface area contributed by atoms with Crippen LogP contribution in [0.4, 0.5) is 17.1 Å². The maximum atomic E-state index is 12.8. The molecule has 0 fully saturated rings. The van der Waals surface area contributed by atoms with Crippen LogP contribution in [-0.4, -0.2) is 25.0 Å². The lowest BCUT2D eigenvalue weighted by Crippen LogP contribution is -2.15. The van der Waals surface area contributed by atoms with E-state index in [1.54, 1.807) is 12.4 Å². The first-order valence-corrected chi connectivity index (χ1v) is 8.44. The van der Waals surface area contributed by atoms with Crippen molar-refractivity contribution in [2.45, 2.75) is 6.54 Å². The highest BCUT2D eigenvalue weighted by Crippen LogP contribution is 2.21. The second-order valence-corrected chi connectivity index (χ2v) is 6.15. The molecule has 0 atom stereocenters. The third kappa shape index (κ3) is 4.39. The standard InChI is InChI=1S/C21H22N4O/c1-25(2)18-7-5-6-17(14-18)24-21(26)19-8-3-4-9-20(19)23-15-16-10-12-22-13-11-16/h3-14,23H,15H2,1-2H3,(H,24,26). The minimum absolute atomic E-state index is 0.140. The first-order chi connectivity index (χ1) is 12.6. The highest BCUT2D eigenvalue weighted by Gasteiger charge is 2.11. The zero-order valence-corrected chi connectivity index (χ0v) is 14.9. The number of carbonyl (C=O) groups excluding carboxylic acids is 1. The fourth-order valence-electron chi connectivity index (χ4n) is 2.59. The van der Waals surface area contributed by atoms with Crippen LogP contribution < -0.4 is 15.5 Å². The van der Waals surface area contributed by atoms with Gasteiger partial charge >= 0.3 is 0 Å². The van der Waals surface area contributed by atoms with Gasteiger partial charge in [-0.05, 0) is 48.0 Å². The summed E-state index contributed by atoms with van der Waals surface area (Å²) in [4.78, 5) is 18.8. The number of para-hydroxylation sites is 1. The molecule has 3 aromatic rings. The predicted molar refractivity (Wildman–Crippen MR) is 107 cm³/mol. The topological polar surface area (TPSA) is 57.3 Å². The molecule has 0 unspecified atom stereocenters. The van der Waals surface area contributed by atoms with Crippen molar-refractivity contribution in [2.75, 3.05) is 29.6 Å². The SMILES string of the molecule is CN(C)c1cccc(NC(=O)c2ccccc2NCc2ccncc2)c1. The van der Waals surface area contributed by atoms with Crippen LogP contribution in [0.5, 0.6) is 0 Å². The Kier molecular flexibility index (Phi) is 5.49. The number of carbonyl (C=O) groups is 1. The molecule has 0 saturated heterocycles. The molecule has 2 aromatic carbocycles. The monoisotopic (exact) mass is 346 g/mol. The Hall–Kier alpha value is -3.34. The van der Waals surface area contributed by atoms with Crippen LogP contribution in [0.15, 0.2) is 73.1 Å². The van der Waals surface area contributed by atoms with Crippen LogP contribution in [0.2, 0.25) is 0 Å². The molecule has 1 heterocycles. The van der Waals surface area contributed by atoms with Crippen LogP contribution in [0.3, 0.4) is 0 Å². The van der Waals surface area contributed by atoms with Gasteiger partial charge in [-0.2, -0.15) is 0 Å². The molecule has 1 amide bonds. The van der Waals surface area contributed by atoms with Gasteiger partial charge in [0.15, 0.2) is 0 Å². The number of benzene rings is 2. The van der Waals surface area contributed by atoms with E-state index in [4.69, 9.17) is 0 Å². The summed E-state index contributed by atoms with van der Waals surface area (Å²) in [6.07, 6.45) is 3.51. The van der Waals surface area contributed by atoms with Crippen molar-refractivity contribution in [1.82, 2.24) is 4.98 Å². The molecule has 0 radical (unpaired) electrons. The van der Waals surface area contributed by atoms with Crippen molar-refractivity contribution in [3.05, 3.63) is 84.2 Å². The van der Waals surface area contributed by atoms with Gasteiger partial charge < -0.3 is 15.5 Å². The van der Waals surface area contributed by atoms with E-state index in [1.807, 2.05) is 79.7 Å². The van der Waals surface area contributed by atoms with Crippen LogP contribution in [0.25, 0.3) is 0 Å². The largest absolute Gasteiger partial charge is 0.380 e. The second kappa shape index (κ2) is 8.16. The molecule has 0 spiro atoms. The molecule has 2 N–H and O–H groups in total. The van der Waals surface area contributed by atoms with Crippen molar-refractivity contribution in [3.8, 4) is 0 Å². The summed E-state index contributed by atoms with van der Waals surface area (Å²) in [6.45, 7) is 0.628. The van der Waals surface area contributed by atoms with E-state index < -0.39 is 0 Å². The lowest BCUT2D eigenvalue weighted by Gasteiger charge is -2.15. The summed E-state index contributed by atoms with van der Waals surface area (Å²) in [5.41, 5.74) is 4.31. The van der Waals surface area contributed by atoms with Gasteiger partial charge in [-0.25, -0.2) is 0 Å². The van der Waals surface area contributed by atoms with Crippen molar-refractivity contribution in [1.29, 1.82) is 0 Å². The van der Waals surface area contributed by atoms with Crippen molar-refractivity contribution < 1.29 is 4.79 Å². The molecule has 1 aromatic heterocycles. The zero-order chi connectivity index (χ0) is 18.4. The fourth-order valence-corrected chi connectivity index (χ4v) is 2.59. The lowest BCUT2D eigenvalue weighted by atomic mass is 10.1. The number of hydrogen-bond donors (Lipinski definition) is 2. The molecule has 0 aliphatic rings. The Balaban J connectivity index is 1.74. The number of pyridine rings is 1. The van der Waals surface area contributed by atoms with E-state index in [0.717, 1.165) is 22.6 Å². The van der Waals surface area contributed by atoms with E-state index in [2.05, 4.69) is 15.6 Å². The van der Waals surface area contributed by atoms with Gasteiger partial charge in [0.2, 0.25) is 0 Å². The number of aromatic nitrogens is 1. The number of nitrogens with one attached hydrogen (secondary N) is 2. The molecule has 5 nitrogen and oxygen atoms in total. The highest BCUT2D eigenvalue weighted by atomic mass is 16.1. The van der Waals surface area contributed by atoms with Crippen LogP contribution in [0.1, 0.15) is 15.9 Å². The van der Waals surface area contributed by atoms with E-state index in [9.17, 15) is 4.79 Å². The average molecular weight is 346 g/mol. The Bertz CT molecular complexity index is 878. The minimum Gasteiger partial charge on any atom is -0.380 e. The number of anilines is 3. The summed E-state index contributed by atoms with van der Waals surface area (Å²) in [6, 6.07) is 19.2. The van der Waals surface area contributed by atoms with Crippen LogP contribution >= 0.6 is 0 Å². The Labute approximate surface area is 153 Å². The van der Waals surface area contributed by atoms with Crippen molar-refractivity contribution in [3.63, 3.8) is 0 Å². The molecule has 0 aliphatic heterocycles. The Morgan fingerprint density at radius 3 is 2.54 bits per heavy atom. The maximum Gasteiger partial charge on any atom is 0.257 e. The van der Waals surface area contributed by atoms with Gasteiger partial charge in [-0.3, -0.25) is 9.78 Å². The Morgan fingerprint density at radius 2 is 1.77 bits per heavy atom.